The number of hydrogen-bond acceptors (Lipinski definition) is 5. The molecule has 7 nitrogen and oxygen atoms in total. The molecule has 1 aliphatic rings. The number of aromatic nitrogens is 2. The van der Waals surface area contributed by atoms with Crippen molar-refractivity contribution in [1.82, 2.24) is 15.1 Å². The summed E-state index contributed by atoms with van der Waals surface area (Å²) in [6.45, 7) is 1.51. The van der Waals surface area contributed by atoms with Crippen LogP contribution >= 0.6 is 11.6 Å². The quantitative estimate of drug-likeness (QED) is 0.546. The molecule has 33 heavy (non-hydrogen) atoms. The van der Waals surface area contributed by atoms with E-state index in [2.05, 4.69) is 15.7 Å². The minimum absolute atomic E-state index is 0.0414. The number of ether oxygens (including phenoxy) is 2. The highest BCUT2D eigenvalue weighted by Gasteiger charge is 2.28. The van der Waals surface area contributed by atoms with Gasteiger partial charge >= 0.3 is 0 Å². The largest absolute Gasteiger partial charge is 0.495 e. The van der Waals surface area contributed by atoms with Crippen molar-refractivity contribution >= 4 is 23.2 Å². The normalized spacial score (nSPS) is 14.2. The van der Waals surface area contributed by atoms with Crippen molar-refractivity contribution in [3.63, 3.8) is 0 Å². The van der Waals surface area contributed by atoms with Crippen molar-refractivity contribution in [3.8, 4) is 17.2 Å². The molecule has 2 aromatic carbocycles. The summed E-state index contributed by atoms with van der Waals surface area (Å²) in [5.41, 5.74) is 1.29. The summed E-state index contributed by atoms with van der Waals surface area (Å²) in [5, 5.41) is 10.7. The maximum Gasteiger partial charge on any atom is 0.259 e. The van der Waals surface area contributed by atoms with Crippen LogP contribution < -0.4 is 20.1 Å². The Balaban J connectivity index is 1.75. The number of halogens is 3. The molecule has 2 N–H and O–H groups in total. The van der Waals surface area contributed by atoms with Gasteiger partial charge in [-0.3, -0.25) is 4.79 Å². The Labute approximate surface area is 194 Å². The lowest BCUT2D eigenvalue weighted by atomic mass is 9.91. The fraction of sp³-hybridized carbons (Fsp3) is 0.304. The predicted molar refractivity (Wildman–Crippen MR) is 121 cm³/mol. The molecule has 0 bridgehead atoms. The van der Waals surface area contributed by atoms with Gasteiger partial charge in [0.25, 0.3) is 5.91 Å². The van der Waals surface area contributed by atoms with Crippen LogP contribution in [0.2, 0.25) is 5.02 Å². The lowest BCUT2D eigenvalue weighted by Gasteiger charge is -2.25. The summed E-state index contributed by atoms with van der Waals surface area (Å²) >= 11 is 6.23. The molecule has 10 heteroatoms. The Bertz CT molecular complexity index is 1180. The number of anilines is 1. The molecular weight excluding hydrogens is 454 g/mol. The third kappa shape index (κ3) is 4.65. The molecule has 2 heterocycles. The average Bonchev–Trinajstić information content (AvgIpc) is 3.25. The Morgan fingerprint density at radius 3 is 2.55 bits per heavy atom. The van der Waals surface area contributed by atoms with Gasteiger partial charge in [0, 0.05) is 18.1 Å². The van der Waals surface area contributed by atoms with Gasteiger partial charge in [0.2, 0.25) is 0 Å². The first-order valence-electron chi connectivity index (χ1n) is 10.4. The monoisotopic (exact) mass is 476 g/mol. The second-order valence-corrected chi connectivity index (χ2v) is 8.02. The minimum atomic E-state index is -0.760. The second-order valence-electron chi connectivity index (χ2n) is 7.62. The number of methoxy groups -OCH3 is 2. The van der Waals surface area contributed by atoms with Gasteiger partial charge in [0.1, 0.15) is 23.0 Å². The van der Waals surface area contributed by atoms with Crippen LogP contribution in [0.15, 0.2) is 36.5 Å². The standard InChI is InChI=1S/C23H23ClF2N4O3/c1-32-20-11-21(33-2)18(10-16(20)24)29-23(31)15-12-28-30(19-4-3-14(25)9-17(19)26)22(15)13-5-7-27-8-6-13/h3-4,9-13,27H,5-8H2,1-2H3,(H,29,31). The highest BCUT2D eigenvalue weighted by Crippen LogP contribution is 2.37. The Morgan fingerprint density at radius 2 is 1.88 bits per heavy atom. The maximum absolute atomic E-state index is 14.6. The van der Waals surface area contributed by atoms with Gasteiger partial charge < -0.3 is 20.1 Å². The molecule has 4 rings (SSSR count). The van der Waals surface area contributed by atoms with Crippen molar-refractivity contribution in [2.24, 2.45) is 0 Å². The molecule has 0 aliphatic carbocycles. The number of nitrogens with zero attached hydrogens (tertiary/aromatic N) is 2. The van der Waals surface area contributed by atoms with Gasteiger partial charge in [-0.15, -0.1) is 0 Å². The molecule has 0 unspecified atom stereocenters. The molecule has 1 aliphatic heterocycles. The van der Waals surface area contributed by atoms with Gasteiger partial charge in [-0.05, 0) is 44.1 Å². The van der Waals surface area contributed by atoms with Gasteiger partial charge in [0.05, 0.1) is 42.4 Å². The lowest BCUT2D eigenvalue weighted by molar-refractivity contribution is 0.102. The average molecular weight is 477 g/mol. The van der Waals surface area contributed by atoms with E-state index >= 15 is 0 Å². The molecule has 0 spiro atoms. The van der Waals surface area contributed by atoms with Crippen LogP contribution in [0, 0.1) is 11.6 Å². The van der Waals surface area contributed by atoms with Gasteiger partial charge in [0.15, 0.2) is 5.82 Å². The first-order valence-corrected chi connectivity index (χ1v) is 10.8. The van der Waals surface area contributed by atoms with Crippen molar-refractivity contribution < 1.29 is 23.0 Å². The van der Waals surface area contributed by atoms with Crippen molar-refractivity contribution in [3.05, 3.63) is 64.4 Å². The fourth-order valence-corrected chi connectivity index (χ4v) is 4.25. The lowest BCUT2D eigenvalue weighted by Crippen LogP contribution is -2.29. The zero-order valence-electron chi connectivity index (χ0n) is 18.1. The smallest absolute Gasteiger partial charge is 0.259 e. The third-order valence-corrected chi connectivity index (χ3v) is 5.93. The molecule has 1 fully saturated rings. The van der Waals surface area contributed by atoms with E-state index in [1.807, 2.05) is 0 Å². The number of carbonyl (C=O) groups excluding carboxylic acids is 1. The molecule has 0 atom stereocenters. The van der Waals surface area contributed by atoms with E-state index < -0.39 is 17.5 Å². The predicted octanol–water partition coefficient (Wildman–Crippen LogP) is 4.54. The Hall–Kier alpha value is -3.17. The number of carbonyl (C=O) groups is 1. The van der Waals surface area contributed by atoms with Crippen LogP contribution in [-0.2, 0) is 0 Å². The van der Waals surface area contributed by atoms with Gasteiger partial charge in [-0.2, -0.15) is 5.10 Å². The molecule has 3 aromatic rings. The summed E-state index contributed by atoms with van der Waals surface area (Å²) < 4.78 is 40.0. The zero-order valence-corrected chi connectivity index (χ0v) is 18.9. The molecule has 0 saturated carbocycles. The second kappa shape index (κ2) is 9.76. The first kappa shape index (κ1) is 23.0. The van der Waals surface area contributed by atoms with E-state index in [0.717, 1.165) is 38.1 Å². The Morgan fingerprint density at radius 1 is 1.15 bits per heavy atom. The van der Waals surface area contributed by atoms with Crippen LogP contribution in [-0.4, -0.2) is 43.0 Å². The van der Waals surface area contributed by atoms with Gasteiger partial charge in [-0.25, -0.2) is 13.5 Å². The third-order valence-electron chi connectivity index (χ3n) is 5.64. The topological polar surface area (TPSA) is 77.4 Å². The molecular formula is C23H23ClF2N4O3. The molecule has 1 aromatic heterocycles. The van der Waals surface area contributed by atoms with Crippen molar-refractivity contribution in [2.45, 2.75) is 18.8 Å². The molecule has 1 amide bonds. The summed E-state index contributed by atoms with van der Waals surface area (Å²) in [4.78, 5) is 13.3. The summed E-state index contributed by atoms with van der Waals surface area (Å²) in [6.07, 6.45) is 2.88. The number of piperidine rings is 1. The number of rotatable bonds is 6. The molecule has 174 valence electrons. The van der Waals surface area contributed by atoms with E-state index in [1.165, 1.54) is 37.2 Å². The van der Waals surface area contributed by atoms with Crippen molar-refractivity contribution in [2.75, 3.05) is 32.6 Å². The van der Waals surface area contributed by atoms with Crippen LogP contribution in [0.4, 0.5) is 14.5 Å². The molecule has 0 radical (unpaired) electrons. The van der Waals surface area contributed by atoms with E-state index in [9.17, 15) is 13.6 Å². The summed E-state index contributed by atoms with van der Waals surface area (Å²) in [7, 11) is 2.95. The number of amides is 1. The van der Waals surface area contributed by atoms with Crippen LogP contribution in [0.3, 0.4) is 0 Å². The maximum atomic E-state index is 14.6. The molecule has 1 saturated heterocycles. The van der Waals surface area contributed by atoms with Crippen molar-refractivity contribution in [1.29, 1.82) is 0 Å². The minimum Gasteiger partial charge on any atom is -0.495 e. The van der Waals surface area contributed by atoms with E-state index in [4.69, 9.17) is 21.1 Å². The van der Waals surface area contributed by atoms with Crippen LogP contribution in [0.1, 0.15) is 34.8 Å². The van der Waals surface area contributed by atoms with Crippen LogP contribution in [0.25, 0.3) is 5.69 Å². The first-order chi connectivity index (χ1) is 15.9. The number of hydrogen-bond donors (Lipinski definition) is 2. The van der Waals surface area contributed by atoms with E-state index in [1.54, 1.807) is 6.07 Å². The SMILES string of the molecule is COc1cc(OC)c(NC(=O)c2cnn(-c3ccc(F)cc3F)c2C2CCNCC2)cc1Cl. The number of nitrogens with one attached hydrogen (secondary N) is 2. The summed E-state index contributed by atoms with van der Waals surface area (Å²) in [6, 6.07) is 6.38. The number of benzene rings is 2. The van der Waals surface area contributed by atoms with Gasteiger partial charge in [-0.1, -0.05) is 11.6 Å². The fourth-order valence-electron chi connectivity index (χ4n) is 4.01. The highest BCUT2D eigenvalue weighted by atomic mass is 35.5. The highest BCUT2D eigenvalue weighted by molar-refractivity contribution is 6.32. The Kier molecular flexibility index (Phi) is 6.80. The van der Waals surface area contributed by atoms with Crippen LogP contribution in [0.5, 0.6) is 11.5 Å². The van der Waals surface area contributed by atoms with E-state index in [-0.39, 0.29) is 11.6 Å². The van der Waals surface area contributed by atoms with E-state index in [0.29, 0.717) is 33.5 Å². The zero-order chi connectivity index (χ0) is 23.5. The summed E-state index contributed by atoms with van der Waals surface area (Å²) in [5.74, 6) is -1.17.